The highest BCUT2D eigenvalue weighted by molar-refractivity contribution is 7.99. The summed E-state index contributed by atoms with van der Waals surface area (Å²) in [6.07, 6.45) is 1.83. The second-order valence-electron chi connectivity index (χ2n) is 2.54. The van der Waals surface area contributed by atoms with Crippen molar-refractivity contribution in [3.8, 4) is 5.88 Å². The summed E-state index contributed by atoms with van der Waals surface area (Å²) in [6, 6.07) is 1.46. The van der Waals surface area contributed by atoms with Crippen molar-refractivity contribution in [3.05, 3.63) is 11.2 Å². The standard InChI is InChI=1S/C8H10ClN3O2S/c1-14-7-3-5(9)10-8(12-7)11-6(13)4-15-2/h3H,4H2,1-2H3,(H,10,11,12,13). The highest BCUT2D eigenvalue weighted by Crippen LogP contribution is 2.15. The average molecular weight is 248 g/mol. The zero-order valence-corrected chi connectivity index (χ0v) is 9.85. The Balaban J connectivity index is 2.76. The Morgan fingerprint density at radius 1 is 1.67 bits per heavy atom. The second-order valence-corrected chi connectivity index (χ2v) is 3.79. The lowest BCUT2D eigenvalue weighted by atomic mass is 10.6. The van der Waals surface area contributed by atoms with Crippen molar-refractivity contribution in [1.82, 2.24) is 9.97 Å². The quantitative estimate of drug-likeness (QED) is 0.816. The van der Waals surface area contributed by atoms with Gasteiger partial charge in [0, 0.05) is 6.07 Å². The van der Waals surface area contributed by atoms with Crippen LogP contribution >= 0.6 is 23.4 Å². The number of hydrogen-bond donors (Lipinski definition) is 1. The van der Waals surface area contributed by atoms with Crippen LogP contribution in [0.25, 0.3) is 0 Å². The number of methoxy groups -OCH3 is 1. The Hall–Kier alpha value is -1.01. The molecule has 0 fully saturated rings. The molecule has 1 amide bonds. The number of hydrogen-bond acceptors (Lipinski definition) is 5. The number of ether oxygens (including phenoxy) is 1. The molecule has 0 bridgehead atoms. The van der Waals surface area contributed by atoms with Crippen LogP contribution in [0.5, 0.6) is 5.88 Å². The summed E-state index contributed by atoms with van der Waals surface area (Å²) < 4.78 is 4.89. The topological polar surface area (TPSA) is 64.1 Å². The van der Waals surface area contributed by atoms with Crippen LogP contribution in [0.1, 0.15) is 0 Å². The zero-order valence-electron chi connectivity index (χ0n) is 8.28. The van der Waals surface area contributed by atoms with Crippen LogP contribution in [0, 0.1) is 0 Å². The molecule has 1 aromatic rings. The van der Waals surface area contributed by atoms with Crippen molar-refractivity contribution in [3.63, 3.8) is 0 Å². The molecule has 0 unspecified atom stereocenters. The number of rotatable bonds is 4. The van der Waals surface area contributed by atoms with Gasteiger partial charge in [-0.05, 0) is 6.26 Å². The average Bonchev–Trinajstić information content (AvgIpc) is 2.17. The van der Waals surface area contributed by atoms with E-state index in [1.807, 2.05) is 6.26 Å². The number of aromatic nitrogens is 2. The maximum Gasteiger partial charge on any atom is 0.236 e. The summed E-state index contributed by atoms with van der Waals surface area (Å²) in [5.74, 6) is 0.637. The lowest BCUT2D eigenvalue weighted by molar-refractivity contribution is -0.113. The predicted molar refractivity (Wildman–Crippen MR) is 60.6 cm³/mol. The summed E-state index contributed by atoms with van der Waals surface area (Å²) in [5, 5.41) is 2.74. The van der Waals surface area contributed by atoms with E-state index in [9.17, 15) is 4.79 Å². The molecule has 0 aliphatic heterocycles. The van der Waals surface area contributed by atoms with Crippen LogP contribution in [-0.2, 0) is 4.79 Å². The molecule has 1 aromatic heterocycles. The van der Waals surface area contributed by atoms with Gasteiger partial charge in [-0.15, -0.1) is 0 Å². The molecular formula is C8H10ClN3O2S. The van der Waals surface area contributed by atoms with Crippen LogP contribution in [0.15, 0.2) is 6.07 Å². The van der Waals surface area contributed by atoms with Gasteiger partial charge in [0.25, 0.3) is 0 Å². The molecule has 7 heteroatoms. The van der Waals surface area contributed by atoms with Crippen LogP contribution < -0.4 is 10.1 Å². The third-order valence-corrected chi connectivity index (χ3v) is 2.15. The minimum Gasteiger partial charge on any atom is -0.481 e. The Kier molecular flexibility index (Phi) is 4.64. The summed E-state index contributed by atoms with van der Waals surface area (Å²) >= 11 is 7.11. The second kappa shape index (κ2) is 5.77. The molecule has 0 atom stereocenters. The van der Waals surface area contributed by atoms with Crippen LogP contribution in [0.4, 0.5) is 5.95 Å². The van der Waals surface area contributed by atoms with Crippen LogP contribution in [-0.4, -0.2) is 35.0 Å². The van der Waals surface area contributed by atoms with E-state index in [4.69, 9.17) is 16.3 Å². The van der Waals surface area contributed by atoms with Gasteiger partial charge >= 0.3 is 0 Å². The van der Waals surface area contributed by atoms with Crippen molar-refractivity contribution in [2.24, 2.45) is 0 Å². The number of halogens is 1. The highest BCUT2D eigenvalue weighted by Gasteiger charge is 2.06. The Morgan fingerprint density at radius 2 is 2.40 bits per heavy atom. The van der Waals surface area contributed by atoms with Gasteiger partial charge in [0.15, 0.2) is 0 Å². The van der Waals surface area contributed by atoms with E-state index in [-0.39, 0.29) is 17.0 Å². The first-order valence-electron chi connectivity index (χ1n) is 4.03. The van der Waals surface area contributed by atoms with Gasteiger partial charge in [0.1, 0.15) is 5.15 Å². The van der Waals surface area contributed by atoms with E-state index < -0.39 is 0 Å². The first kappa shape index (κ1) is 12.1. The molecule has 0 aliphatic rings. The zero-order chi connectivity index (χ0) is 11.3. The molecule has 82 valence electrons. The maximum absolute atomic E-state index is 11.2. The largest absolute Gasteiger partial charge is 0.481 e. The number of nitrogens with one attached hydrogen (secondary N) is 1. The van der Waals surface area contributed by atoms with Gasteiger partial charge < -0.3 is 4.74 Å². The number of amides is 1. The summed E-state index contributed by atoms with van der Waals surface area (Å²) in [7, 11) is 1.46. The van der Waals surface area contributed by atoms with Crippen molar-refractivity contribution < 1.29 is 9.53 Å². The monoisotopic (exact) mass is 247 g/mol. The van der Waals surface area contributed by atoms with E-state index in [0.29, 0.717) is 11.6 Å². The molecule has 0 spiro atoms. The van der Waals surface area contributed by atoms with Gasteiger partial charge in [-0.2, -0.15) is 16.7 Å². The Bertz CT molecular complexity index is 362. The molecule has 0 aliphatic carbocycles. The maximum atomic E-state index is 11.2. The summed E-state index contributed by atoms with van der Waals surface area (Å²) in [4.78, 5) is 19.0. The fraction of sp³-hybridized carbons (Fsp3) is 0.375. The van der Waals surface area contributed by atoms with Gasteiger partial charge in [-0.3, -0.25) is 10.1 Å². The minimum atomic E-state index is -0.174. The molecule has 1 heterocycles. The minimum absolute atomic E-state index is 0.151. The first-order valence-corrected chi connectivity index (χ1v) is 5.80. The van der Waals surface area contributed by atoms with Gasteiger partial charge in [-0.25, -0.2) is 4.98 Å². The SMILES string of the molecule is COc1cc(Cl)nc(NC(=O)CSC)n1. The van der Waals surface area contributed by atoms with Crippen molar-refractivity contribution in [2.45, 2.75) is 0 Å². The van der Waals surface area contributed by atoms with E-state index in [1.165, 1.54) is 24.9 Å². The lowest BCUT2D eigenvalue weighted by Gasteiger charge is -2.04. The predicted octanol–water partition coefficient (Wildman–Crippen LogP) is 1.44. The van der Waals surface area contributed by atoms with Gasteiger partial charge in [0.2, 0.25) is 17.7 Å². The molecule has 15 heavy (non-hydrogen) atoms. The Labute approximate surface area is 96.6 Å². The van der Waals surface area contributed by atoms with E-state index in [0.717, 1.165) is 0 Å². The number of carbonyl (C=O) groups is 1. The molecule has 0 aromatic carbocycles. The molecular weight excluding hydrogens is 238 g/mol. The number of anilines is 1. The first-order chi connectivity index (χ1) is 7.15. The number of thioether (sulfide) groups is 1. The van der Waals surface area contributed by atoms with Crippen LogP contribution in [0.3, 0.4) is 0 Å². The third kappa shape index (κ3) is 3.93. The van der Waals surface area contributed by atoms with E-state index >= 15 is 0 Å². The van der Waals surface area contributed by atoms with Crippen LogP contribution in [0.2, 0.25) is 5.15 Å². The summed E-state index contributed by atoms with van der Waals surface area (Å²) in [6.45, 7) is 0. The highest BCUT2D eigenvalue weighted by atomic mass is 35.5. The normalized spacial score (nSPS) is 9.80. The van der Waals surface area contributed by atoms with Crippen molar-refractivity contribution in [1.29, 1.82) is 0 Å². The number of carbonyl (C=O) groups excluding carboxylic acids is 1. The smallest absolute Gasteiger partial charge is 0.236 e. The van der Waals surface area contributed by atoms with E-state index in [1.54, 1.807) is 0 Å². The lowest BCUT2D eigenvalue weighted by Crippen LogP contribution is -2.16. The molecule has 0 radical (unpaired) electrons. The third-order valence-electron chi connectivity index (χ3n) is 1.41. The fourth-order valence-corrected chi connectivity index (χ4v) is 1.36. The fourth-order valence-electron chi connectivity index (χ4n) is 0.849. The van der Waals surface area contributed by atoms with Gasteiger partial charge in [-0.1, -0.05) is 11.6 Å². The molecule has 5 nitrogen and oxygen atoms in total. The van der Waals surface area contributed by atoms with Crippen molar-refractivity contribution in [2.75, 3.05) is 24.4 Å². The molecule has 0 saturated heterocycles. The van der Waals surface area contributed by atoms with E-state index in [2.05, 4.69) is 15.3 Å². The number of nitrogens with zero attached hydrogens (tertiary/aromatic N) is 2. The molecule has 1 N–H and O–H groups in total. The Morgan fingerprint density at radius 3 is 3.00 bits per heavy atom. The van der Waals surface area contributed by atoms with Crippen molar-refractivity contribution >= 4 is 35.2 Å². The summed E-state index contributed by atoms with van der Waals surface area (Å²) in [5.41, 5.74) is 0. The molecule has 1 rings (SSSR count). The van der Waals surface area contributed by atoms with Gasteiger partial charge in [0.05, 0.1) is 12.9 Å². The molecule has 0 saturated carbocycles.